The molecule has 0 amide bonds. The zero-order valence-corrected chi connectivity index (χ0v) is 12.2. The summed E-state index contributed by atoms with van der Waals surface area (Å²) in [6.45, 7) is 3.61. The molecule has 0 aliphatic rings. The molecule has 0 unspecified atom stereocenters. The number of ether oxygens (including phenoxy) is 1. The Morgan fingerprint density at radius 3 is 2.60 bits per heavy atom. The van der Waals surface area contributed by atoms with Crippen molar-refractivity contribution in [3.05, 3.63) is 42.9 Å². The number of imidazole rings is 1. The van der Waals surface area contributed by atoms with Crippen molar-refractivity contribution in [3.8, 4) is 11.3 Å². The molecule has 0 atom stereocenters. The summed E-state index contributed by atoms with van der Waals surface area (Å²) in [7, 11) is 1.68. The second kappa shape index (κ2) is 9.92. The molecule has 4 nitrogen and oxygen atoms in total. The molecule has 2 aromatic rings. The van der Waals surface area contributed by atoms with Crippen LogP contribution in [-0.2, 0) is 16.1 Å². The quantitative estimate of drug-likeness (QED) is 0.600. The number of aldehydes is 1. The molecular weight excluding hydrogens is 252 g/mol. The fourth-order valence-corrected chi connectivity index (χ4v) is 1.69. The molecule has 0 radical (unpaired) electrons. The molecule has 20 heavy (non-hydrogen) atoms. The van der Waals surface area contributed by atoms with E-state index in [1.807, 2.05) is 37.6 Å². The standard InChI is InChI=1S/C13H14N2O.C3H8O/c16-9-5-4-8-15-11-14-10-13(15)12-6-2-1-3-7-12;1-3-4-2/h1-3,6-7,9-11H,4-5,8H2;3H2,1-2H3. The highest BCUT2D eigenvalue weighted by Crippen LogP contribution is 2.18. The maximum atomic E-state index is 10.3. The molecule has 0 N–H and O–H groups in total. The van der Waals surface area contributed by atoms with E-state index in [2.05, 4.69) is 26.4 Å². The summed E-state index contributed by atoms with van der Waals surface area (Å²) in [4.78, 5) is 14.4. The van der Waals surface area contributed by atoms with Crippen molar-refractivity contribution in [2.45, 2.75) is 26.3 Å². The van der Waals surface area contributed by atoms with Crippen molar-refractivity contribution in [1.29, 1.82) is 0 Å². The second-order valence-electron chi connectivity index (χ2n) is 4.22. The molecule has 0 fully saturated rings. The van der Waals surface area contributed by atoms with Gasteiger partial charge in [-0.3, -0.25) is 0 Å². The Labute approximate surface area is 120 Å². The van der Waals surface area contributed by atoms with Gasteiger partial charge in [0.2, 0.25) is 0 Å². The van der Waals surface area contributed by atoms with Gasteiger partial charge < -0.3 is 14.1 Å². The van der Waals surface area contributed by atoms with E-state index in [9.17, 15) is 4.79 Å². The van der Waals surface area contributed by atoms with Gasteiger partial charge in [-0.1, -0.05) is 30.3 Å². The SMILES string of the molecule is CCOC.O=CCCCn1cncc1-c1ccccc1. The van der Waals surface area contributed by atoms with Crippen LogP contribution >= 0.6 is 0 Å². The Bertz CT molecular complexity index is 478. The van der Waals surface area contributed by atoms with Gasteiger partial charge in [-0.2, -0.15) is 0 Å². The topological polar surface area (TPSA) is 44.1 Å². The first-order valence-electron chi connectivity index (χ1n) is 6.81. The molecule has 0 aliphatic carbocycles. The van der Waals surface area contributed by atoms with Crippen molar-refractivity contribution in [3.63, 3.8) is 0 Å². The third-order valence-corrected chi connectivity index (χ3v) is 2.79. The summed E-state index contributed by atoms with van der Waals surface area (Å²) < 4.78 is 6.62. The zero-order chi connectivity index (χ0) is 14.6. The zero-order valence-electron chi connectivity index (χ0n) is 12.2. The van der Waals surface area contributed by atoms with Crippen molar-refractivity contribution in [2.75, 3.05) is 13.7 Å². The van der Waals surface area contributed by atoms with Crippen molar-refractivity contribution < 1.29 is 9.53 Å². The van der Waals surface area contributed by atoms with Crippen LogP contribution in [-0.4, -0.2) is 29.6 Å². The normalized spacial score (nSPS) is 9.70. The lowest BCUT2D eigenvalue weighted by molar-refractivity contribution is -0.107. The van der Waals surface area contributed by atoms with E-state index in [0.717, 1.165) is 37.1 Å². The van der Waals surface area contributed by atoms with Gasteiger partial charge in [-0.25, -0.2) is 4.98 Å². The van der Waals surface area contributed by atoms with Crippen molar-refractivity contribution >= 4 is 6.29 Å². The van der Waals surface area contributed by atoms with E-state index in [1.54, 1.807) is 7.11 Å². The van der Waals surface area contributed by atoms with E-state index in [4.69, 9.17) is 0 Å². The third-order valence-electron chi connectivity index (χ3n) is 2.79. The second-order valence-corrected chi connectivity index (χ2v) is 4.22. The van der Waals surface area contributed by atoms with E-state index in [-0.39, 0.29) is 0 Å². The van der Waals surface area contributed by atoms with E-state index < -0.39 is 0 Å². The third kappa shape index (κ3) is 5.36. The number of methoxy groups -OCH3 is 1. The highest BCUT2D eigenvalue weighted by Gasteiger charge is 2.03. The average molecular weight is 274 g/mol. The van der Waals surface area contributed by atoms with Crippen LogP contribution in [0.3, 0.4) is 0 Å². The lowest BCUT2D eigenvalue weighted by Crippen LogP contribution is -1.98. The summed E-state index contributed by atoms with van der Waals surface area (Å²) in [5, 5.41) is 0. The molecule has 1 aromatic heterocycles. The molecule has 0 saturated carbocycles. The van der Waals surface area contributed by atoms with E-state index >= 15 is 0 Å². The Morgan fingerprint density at radius 2 is 2.00 bits per heavy atom. The fourth-order valence-electron chi connectivity index (χ4n) is 1.69. The summed E-state index contributed by atoms with van der Waals surface area (Å²) >= 11 is 0. The van der Waals surface area contributed by atoms with Gasteiger partial charge in [0.15, 0.2) is 0 Å². The highest BCUT2D eigenvalue weighted by molar-refractivity contribution is 5.58. The van der Waals surface area contributed by atoms with Gasteiger partial charge in [-0.15, -0.1) is 0 Å². The summed E-state index contributed by atoms with van der Waals surface area (Å²) in [5.74, 6) is 0. The van der Waals surface area contributed by atoms with Crippen LogP contribution in [0.1, 0.15) is 19.8 Å². The van der Waals surface area contributed by atoms with Gasteiger partial charge in [0.25, 0.3) is 0 Å². The number of carbonyl (C=O) groups excluding carboxylic acids is 1. The highest BCUT2D eigenvalue weighted by atomic mass is 16.5. The number of aryl methyl sites for hydroxylation is 1. The van der Waals surface area contributed by atoms with Gasteiger partial charge in [0.1, 0.15) is 6.29 Å². The Kier molecular flexibility index (Phi) is 7.99. The summed E-state index contributed by atoms with van der Waals surface area (Å²) in [6.07, 6.45) is 6.09. The van der Waals surface area contributed by atoms with Crippen LogP contribution in [0.25, 0.3) is 11.3 Å². The molecule has 2 rings (SSSR count). The predicted molar refractivity (Wildman–Crippen MR) is 80.5 cm³/mol. The first-order chi connectivity index (χ1) is 9.83. The van der Waals surface area contributed by atoms with Gasteiger partial charge in [0.05, 0.1) is 18.2 Å². The maximum Gasteiger partial charge on any atom is 0.120 e. The molecule has 1 aromatic carbocycles. The van der Waals surface area contributed by atoms with Crippen LogP contribution in [0, 0.1) is 0 Å². The molecule has 4 heteroatoms. The summed E-state index contributed by atoms with van der Waals surface area (Å²) in [6, 6.07) is 10.1. The number of aromatic nitrogens is 2. The maximum absolute atomic E-state index is 10.3. The Morgan fingerprint density at radius 1 is 1.30 bits per heavy atom. The number of carbonyl (C=O) groups is 1. The van der Waals surface area contributed by atoms with Crippen LogP contribution in [0.5, 0.6) is 0 Å². The molecule has 0 bridgehead atoms. The van der Waals surface area contributed by atoms with E-state index in [1.165, 1.54) is 0 Å². The van der Waals surface area contributed by atoms with Gasteiger partial charge >= 0.3 is 0 Å². The smallest absolute Gasteiger partial charge is 0.120 e. The first-order valence-corrected chi connectivity index (χ1v) is 6.81. The summed E-state index contributed by atoms with van der Waals surface area (Å²) in [5.41, 5.74) is 2.26. The van der Waals surface area contributed by atoms with Crippen molar-refractivity contribution in [2.24, 2.45) is 0 Å². The number of unbranched alkanes of at least 4 members (excludes halogenated alkanes) is 1. The predicted octanol–water partition coefficient (Wildman–Crippen LogP) is 3.18. The molecule has 108 valence electrons. The molecule has 1 heterocycles. The van der Waals surface area contributed by atoms with Gasteiger partial charge in [-0.05, 0) is 18.9 Å². The number of rotatable bonds is 6. The van der Waals surface area contributed by atoms with Crippen LogP contribution in [0.2, 0.25) is 0 Å². The largest absolute Gasteiger partial charge is 0.385 e. The molecule has 0 aliphatic heterocycles. The minimum atomic E-state index is 0.604. The fraction of sp³-hybridized carbons (Fsp3) is 0.375. The minimum absolute atomic E-state index is 0.604. The van der Waals surface area contributed by atoms with Crippen LogP contribution in [0.4, 0.5) is 0 Å². The average Bonchev–Trinajstić information content (AvgIpc) is 2.97. The monoisotopic (exact) mass is 274 g/mol. The molecule has 0 spiro atoms. The molecule has 0 saturated heterocycles. The number of hydrogen-bond acceptors (Lipinski definition) is 3. The Balaban J connectivity index is 0.000000444. The van der Waals surface area contributed by atoms with Gasteiger partial charge in [0, 0.05) is 26.7 Å². The lowest BCUT2D eigenvalue weighted by Gasteiger charge is -2.06. The Hall–Kier alpha value is -1.94. The van der Waals surface area contributed by atoms with Crippen LogP contribution in [0.15, 0.2) is 42.9 Å². The first kappa shape index (κ1) is 16.1. The minimum Gasteiger partial charge on any atom is -0.385 e. The lowest BCUT2D eigenvalue weighted by atomic mass is 10.1. The number of nitrogens with zero attached hydrogens (tertiary/aromatic N) is 2. The van der Waals surface area contributed by atoms with E-state index in [0.29, 0.717) is 6.42 Å². The number of benzene rings is 1. The number of hydrogen-bond donors (Lipinski definition) is 0. The van der Waals surface area contributed by atoms with Crippen molar-refractivity contribution in [1.82, 2.24) is 9.55 Å². The van der Waals surface area contributed by atoms with Crippen LogP contribution < -0.4 is 0 Å². The molecular formula is C16H22N2O2.